The number of ether oxygens (including phenoxy) is 3. The quantitative estimate of drug-likeness (QED) is 0.151. The van der Waals surface area contributed by atoms with Crippen LogP contribution < -0.4 is 0 Å². The number of hydrogen-bond donors (Lipinski definition) is 2. The van der Waals surface area contributed by atoms with Crippen molar-refractivity contribution >= 4 is 23.9 Å². The second kappa shape index (κ2) is 23.5. The van der Waals surface area contributed by atoms with Gasteiger partial charge in [0.15, 0.2) is 0 Å². The highest BCUT2D eigenvalue weighted by Gasteiger charge is 2.05. The number of rotatable bonds is 11. The first kappa shape index (κ1) is 34.4. The van der Waals surface area contributed by atoms with Crippen LogP contribution in [0.1, 0.15) is 46.5 Å². The summed E-state index contributed by atoms with van der Waals surface area (Å²) >= 11 is 0. The van der Waals surface area contributed by atoms with Gasteiger partial charge in [-0.1, -0.05) is 52.8 Å². The Labute approximate surface area is 196 Å². The van der Waals surface area contributed by atoms with Gasteiger partial charge >= 0.3 is 23.9 Å². The number of unbranched alkanes of at least 4 members (excludes halogenated alkanes) is 2. The number of carboxylic acids is 2. The Hall–Kier alpha value is -3.20. The molecule has 9 heteroatoms. The monoisotopic (exact) mass is 470 g/mol. The highest BCUT2D eigenvalue weighted by molar-refractivity contribution is 5.93. The van der Waals surface area contributed by atoms with Crippen LogP contribution in [0, 0.1) is 5.92 Å². The van der Waals surface area contributed by atoms with Gasteiger partial charge in [0.05, 0.1) is 32.5 Å². The molecule has 0 aromatic carbocycles. The number of hydrogen-bond acceptors (Lipinski definition) is 7. The molecule has 188 valence electrons. The maximum absolute atomic E-state index is 11.3. The van der Waals surface area contributed by atoms with Gasteiger partial charge in [0, 0.05) is 17.7 Å². The average Bonchev–Trinajstić information content (AvgIpc) is 3.63. The molecule has 0 aromatic rings. The largest absolute Gasteiger partial charge is 0.478 e. The summed E-state index contributed by atoms with van der Waals surface area (Å²) in [6.07, 6.45) is 7.02. The molecule has 0 radical (unpaired) electrons. The first-order chi connectivity index (χ1) is 15.4. The third-order valence-corrected chi connectivity index (χ3v) is 3.26. The SMILES string of the molecule is C1CO1.C=C(C)C(=O)OC.C=C(C=CC(=O)O)C(=O)OCCCCCC(C)C.C=CC(=O)O. The zero-order valence-corrected chi connectivity index (χ0v) is 20.1. The van der Waals surface area contributed by atoms with Crippen molar-refractivity contribution in [1.82, 2.24) is 0 Å². The van der Waals surface area contributed by atoms with E-state index in [0.29, 0.717) is 18.1 Å². The van der Waals surface area contributed by atoms with E-state index in [2.05, 4.69) is 43.1 Å². The van der Waals surface area contributed by atoms with Crippen LogP contribution in [0.4, 0.5) is 0 Å². The molecule has 1 fully saturated rings. The standard InChI is InChI=1S/C14H22O4.C5H8O2.C3H4O2.C2H4O/c1-11(2)7-5-4-6-10-18-14(17)12(3)8-9-13(15)16;1-4(2)5(6)7-3;1-2-3(4)5;1-2-3-1/h8-9,11H,3-7,10H2,1-2H3,(H,15,16);1H2,2-3H3;2H,1H2,(H,4,5);1-2H2. The molecule has 0 unspecified atom stereocenters. The van der Waals surface area contributed by atoms with E-state index in [1.54, 1.807) is 6.92 Å². The Bertz CT molecular complexity index is 656. The molecular weight excluding hydrogens is 432 g/mol. The Morgan fingerprint density at radius 1 is 0.970 bits per heavy atom. The fourth-order valence-electron chi connectivity index (χ4n) is 1.50. The lowest BCUT2D eigenvalue weighted by molar-refractivity contribution is -0.139. The highest BCUT2D eigenvalue weighted by atomic mass is 16.6. The summed E-state index contributed by atoms with van der Waals surface area (Å²) in [5, 5.41) is 16.0. The zero-order valence-electron chi connectivity index (χ0n) is 20.1. The summed E-state index contributed by atoms with van der Waals surface area (Å²) in [5.41, 5.74) is 0.488. The Balaban J connectivity index is -0.000000482. The highest BCUT2D eigenvalue weighted by Crippen LogP contribution is 2.08. The molecule has 1 aliphatic heterocycles. The first-order valence-electron chi connectivity index (χ1n) is 10.3. The molecule has 33 heavy (non-hydrogen) atoms. The molecule has 0 amide bonds. The molecule has 0 aromatic heterocycles. The van der Waals surface area contributed by atoms with Crippen molar-refractivity contribution in [3.05, 3.63) is 49.1 Å². The van der Waals surface area contributed by atoms with Gasteiger partial charge in [-0.15, -0.1) is 0 Å². The van der Waals surface area contributed by atoms with Crippen LogP contribution >= 0.6 is 0 Å². The van der Waals surface area contributed by atoms with Crippen LogP contribution in [0.3, 0.4) is 0 Å². The van der Waals surface area contributed by atoms with E-state index in [4.69, 9.17) is 14.9 Å². The zero-order chi connectivity index (χ0) is 26.2. The van der Waals surface area contributed by atoms with Crippen LogP contribution in [-0.4, -0.2) is 61.0 Å². The number of carbonyl (C=O) groups excluding carboxylic acids is 2. The predicted octanol–water partition coefficient (Wildman–Crippen LogP) is 3.95. The van der Waals surface area contributed by atoms with Crippen molar-refractivity contribution in [2.45, 2.75) is 46.5 Å². The van der Waals surface area contributed by atoms with Crippen LogP contribution in [0.25, 0.3) is 0 Å². The van der Waals surface area contributed by atoms with Crippen molar-refractivity contribution in [1.29, 1.82) is 0 Å². The van der Waals surface area contributed by atoms with Crippen molar-refractivity contribution < 1.29 is 43.6 Å². The Kier molecular flexibility index (Phi) is 24.5. The van der Waals surface area contributed by atoms with Gasteiger partial charge in [-0.3, -0.25) is 0 Å². The molecule has 1 rings (SSSR count). The van der Waals surface area contributed by atoms with Gasteiger partial charge in [-0.05, 0) is 25.3 Å². The van der Waals surface area contributed by atoms with Crippen LogP contribution in [-0.2, 0) is 33.4 Å². The molecular formula is C24H38O9. The van der Waals surface area contributed by atoms with Crippen LogP contribution in [0.2, 0.25) is 0 Å². The van der Waals surface area contributed by atoms with E-state index in [0.717, 1.165) is 50.7 Å². The summed E-state index contributed by atoms with van der Waals surface area (Å²) in [7, 11) is 1.33. The molecule has 0 spiro atoms. The second-order valence-corrected chi connectivity index (χ2v) is 7.00. The van der Waals surface area contributed by atoms with Crippen molar-refractivity contribution in [3.8, 4) is 0 Å². The number of esters is 2. The van der Waals surface area contributed by atoms with E-state index in [1.165, 1.54) is 13.5 Å². The van der Waals surface area contributed by atoms with Crippen LogP contribution in [0.5, 0.6) is 0 Å². The fourth-order valence-corrected chi connectivity index (χ4v) is 1.50. The minimum absolute atomic E-state index is 0.0552. The second-order valence-electron chi connectivity index (χ2n) is 7.00. The fraction of sp³-hybridized carbons (Fsp3) is 0.500. The van der Waals surface area contributed by atoms with Crippen LogP contribution in [0.15, 0.2) is 49.1 Å². The maximum Gasteiger partial charge on any atom is 0.337 e. The molecule has 2 N–H and O–H groups in total. The minimum Gasteiger partial charge on any atom is -0.478 e. The maximum atomic E-state index is 11.3. The predicted molar refractivity (Wildman–Crippen MR) is 126 cm³/mol. The summed E-state index contributed by atoms with van der Waals surface area (Å²) in [6.45, 7) is 18.1. The van der Waals surface area contributed by atoms with E-state index in [1.807, 2.05) is 0 Å². The third kappa shape index (κ3) is 36.5. The van der Waals surface area contributed by atoms with Crippen molar-refractivity contribution in [2.75, 3.05) is 26.9 Å². The van der Waals surface area contributed by atoms with Crippen molar-refractivity contribution in [3.63, 3.8) is 0 Å². The molecule has 0 aliphatic carbocycles. The summed E-state index contributed by atoms with van der Waals surface area (Å²) in [6, 6.07) is 0. The lowest BCUT2D eigenvalue weighted by Gasteiger charge is -2.05. The lowest BCUT2D eigenvalue weighted by atomic mass is 10.1. The Morgan fingerprint density at radius 2 is 1.48 bits per heavy atom. The normalized spacial score (nSPS) is 10.7. The van der Waals surface area contributed by atoms with E-state index < -0.39 is 17.9 Å². The van der Waals surface area contributed by atoms with Gasteiger partial charge in [0.25, 0.3) is 0 Å². The molecule has 1 aliphatic rings. The van der Waals surface area contributed by atoms with Gasteiger partial charge in [-0.2, -0.15) is 0 Å². The molecule has 0 atom stereocenters. The van der Waals surface area contributed by atoms with Gasteiger partial charge < -0.3 is 24.4 Å². The van der Waals surface area contributed by atoms with E-state index in [9.17, 15) is 19.2 Å². The van der Waals surface area contributed by atoms with E-state index in [-0.39, 0.29) is 11.5 Å². The number of methoxy groups -OCH3 is 1. The van der Waals surface area contributed by atoms with Crippen molar-refractivity contribution in [2.24, 2.45) is 5.92 Å². The summed E-state index contributed by atoms with van der Waals surface area (Å²) in [5.74, 6) is -2.30. The first-order valence-corrected chi connectivity index (χ1v) is 10.3. The molecule has 9 nitrogen and oxygen atoms in total. The molecule has 0 bridgehead atoms. The Morgan fingerprint density at radius 3 is 1.79 bits per heavy atom. The average molecular weight is 471 g/mol. The number of carbonyl (C=O) groups is 4. The number of epoxide rings is 1. The minimum atomic E-state index is -1.11. The third-order valence-electron chi connectivity index (χ3n) is 3.26. The number of aliphatic carboxylic acids is 2. The number of carboxylic acid groups (broad SMARTS) is 2. The molecule has 1 heterocycles. The summed E-state index contributed by atoms with van der Waals surface area (Å²) < 4.78 is 13.7. The van der Waals surface area contributed by atoms with Gasteiger partial charge in [0.1, 0.15) is 0 Å². The smallest absolute Gasteiger partial charge is 0.337 e. The van der Waals surface area contributed by atoms with Gasteiger partial charge in [-0.25, -0.2) is 19.2 Å². The van der Waals surface area contributed by atoms with E-state index >= 15 is 0 Å². The molecule has 1 saturated heterocycles. The lowest BCUT2D eigenvalue weighted by Crippen LogP contribution is -2.07. The summed E-state index contributed by atoms with van der Waals surface area (Å²) in [4.78, 5) is 41.0. The van der Waals surface area contributed by atoms with Gasteiger partial charge in [0.2, 0.25) is 0 Å². The molecule has 0 saturated carbocycles. The topological polar surface area (TPSA) is 140 Å².